The Labute approximate surface area is 116 Å². The summed E-state index contributed by atoms with van der Waals surface area (Å²) in [6, 6.07) is 1.67. The minimum atomic E-state index is -3.22. The molecule has 1 rings (SSSR count). The summed E-state index contributed by atoms with van der Waals surface area (Å²) in [6.07, 6.45) is 1.07. The second-order valence-electron chi connectivity index (χ2n) is 3.63. The van der Waals surface area contributed by atoms with Crippen molar-refractivity contribution in [3.05, 3.63) is 21.9 Å². The lowest BCUT2D eigenvalue weighted by Crippen LogP contribution is -2.34. The lowest BCUT2D eigenvalue weighted by Gasteiger charge is -2.03. The zero-order valence-electron chi connectivity index (χ0n) is 10.4. The van der Waals surface area contributed by atoms with Gasteiger partial charge in [-0.15, -0.1) is 11.3 Å². The predicted octanol–water partition coefficient (Wildman–Crippen LogP) is -0.663. The highest BCUT2D eigenvalue weighted by Crippen LogP contribution is 2.13. The monoisotopic (exact) mass is 301 g/mol. The van der Waals surface area contributed by atoms with Crippen LogP contribution in [0.3, 0.4) is 0 Å². The normalized spacial score (nSPS) is 10.6. The highest BCUT2D eigenvalue weighted by molar-refractivity contribution is 7.88. The Morgan fingerprint density at radius 2 is 2.21 bits per heavy atom. The van der Waals surface area contributed by atoms with Crippen molar-refractivity contribution in [2.45, 2.75) is 0 Å². The van der Waals surface area contributed by atoms with Crippen molar-refractivity contribution < 1.29 is 13.2 Å². The number of sulfonamides is 1. The first-order valence-corrected chi connectivity index (χ1v) is 8.20. The third kappa shape index (κ3) is 6.35. The molecule has 104 valence electrons. The Morgan fingerprint density at radius 3 is 2.84 bits per heavy atom. The number of nitrogens with one attached hydrogen (secondary N) is 2. The molecule has 0 unspecified atom stereocenters. The molecule has 0 aliphatic carbocycles. The smallest absolute Gasteiger partial charge is 0.252 e. The van der Waals surface area contributed by atoms with E-state index in [9.17, 15) is 13.2 Å². The SMILES string of the molecule is CS(=O)(=O)NCCNC(=O)c1csc(C#CCN)c1. The first-order valence-electron chi connectivity index (χ1n) is 5.42. The maximum atomic E-state index is 11.7. The Morgan fingerprint density at radius 1 is 1.47 bits per heavy atom. The van der Waals surface area contributed by atoms with E-state index in [0.29, 0.717) is 5.56 Å². The summed E-state index contributed by atoms with van der Waals surface area (Å²) in [5.41, 5.74) is 5.76. The van der Waals surface area contributed by atoms with Crippen molar-refractivity contribution in [3.8, 4) is 11.8 Å². The van der Waals surface area contributed by atoms with E-state index < -0.39 is 10.0 Å². The van der Waals surface area contributed by atoms with E-state index in [2.05, 4.69) is 21.9 Å². The molecule has 0 radical (unpaired) electrons. The molecule has 6 nitrogen and oxygen atoms in total. The van der Waals surface area contributed by atoms with Crippen LogP contribution in [0.25, 0.3) is 0 Å². The van der Waals surface area contributed by atoms with Crippen molar-refractivity contribution >= 4 is 27.3 Å². The molecule has 1 aromatic rings. The Kier molecular flexibility index (Phi) is 5.98. The summed E-state index contributed by atoms with van der Waals surface area (Å²) < 4.78 is 23.9. The van der Waals surface area contributed by atoms with Gasteiger partial charge in [0, 0.05) is 18.5 Å². The van der Waals surface area contributed by atoms with Gasteiger partial charge in [0.15, 0.2) is 0 Å². The third-order valence-electron chi connectivity index (χ3n) is 1.95. The van der Waals surface area contributed by atoms with Gasteiger partial charge in [0.2, 0.25) is 10.0 Å². The minimum Gasteiger partial charge on any atom is -0.351 e. The summed E-state index contributed by atoms with van der Waals surface area (Å²) >= 11 is 1.36. The van der Waals surface area contributed by atoms with Gasteiger partial charge in [-0.3, -0.25) is 4.79 Å². The summed E-state index contributed by atoms with van der Waals surface area (Å²) in [5.74, 6) is 5.29. The van der Waals surface area contributed by atoms with Crippen LogP contribution in [-0.2, 0) is 10.0 Å². The lowest BCUT2D eigenvalue weighted by atomic mass is 10.3. The molecule has 1 aromatic heterocycles. The number of carbonyl (C=O) groups excluding carboxylic acids is 1. The van der Waals surface area contributed by atoms with Crippen LogP contribution < -0.4 is 15.8 Å². The predicted molar refractivity (Wildman–Crippen MR) is 75.4 cm³/mol. The molecule has 8 heteroatoms. The van der Waals surface area contributed by atoms with Gasteiger partial charge >= 0.3 is 0 Å². The quantitative estimate of drug-likeness (QED) is 0.496. The van der Waals surface area contributed by atoms with Crippen molar-refractivity contribution in [3.63, 3.8) is 0 Å². The maximum Gasteiger partial charge on any atom is 0.252 e. The molecule has 0 aliphatic heterocycles. The van der Waals surface area contributed by atoms with Gasteiger partial charge in [-0.2, -0.15) is 0 Å². The first kappa shape index (κ1) is 15.7. The van der Waals surface area contributed by atoms with Crippen LogP contribution in [0.2, 0.25) is 0 Å². The molecule has 4 N–H and O–H groups in total. The summed E-state index contributed by atoms with van der Waals surface area (Å²) in [6.45, 7) is 0.663. The molecule has 0 atom stereocenters. The van der Waals surface area contributed by atoms with Gasteiger partial charge in [0.25, 0.3) is 5.91 Å². The Hall–Kier alpha value is -1.40. The van der Waals surface area contributed by atoms with Crippen molar-refractivity contribution in [2.24, 2.45) is 5.73 Å². The van der Waals surface area contributed by atoms with Crippen LogP contribution in [0.5, 0.6) is 0 Å². The van der Waals surface area contributed by atoms with Crippen LogP contribution in [0.4, 0.5) is 0 Å². The summed E-state index contributed by atoms with van der Waals surface area (Å²) in [5, 5.41) is 4.30. The Balaban J connectivity index is 2.43. The van der Waals surface area contributed by atoms with Gasteiger partial charge in [0.1, 0.15) is 0 Å². The minimum absolute atomic E-state index is 0.161. The van der Waals surface area contributed by atoms with E-state index in [-0.39, 0.29) is 25.5 Å². The lowest BCUT2D eigenvalue weighted by molar-refractivity contribution is 0.0955. The molecule has 0 spiro atoms. The average Bonchev–Trinajstić information content (AvgIpc) is 2.79. The van der Waals surface area contributed by atoms with E-state index in [1.54, 1.807) is 11.4 Å². The number of thiophene rings is 1. The van der Waals surface area contributed by atoms with E-state index in [0.717, 1.165) is 11.1 Å². The Bertz CT molecular complexity index is 596. The number of nitrogens with two attached hydrogens (primary N) is 1. The fraction of sp³-hybridized carbons (Fsp3) is 0.364. The van der Waals surface area contributed by atoms with Gasteiger partial charge in [-0.25, -0.2) is 13.1 Å². The number of rotatable bonds is 5. The van der Waals surface area contributed by atoms with E-state index in [4.69, 9.17) is 5.73 Å². The molecule has 0 bridgehead atoms. The van der Waals surface area contributed by atoms with Crippen LogP contribution in [0.1, 0.15) is 15.2 Å². The fourth-order valence-electron chi connectivity index (χ4n) is 1.17. The molecule has 0 fully saturated rings. The van der Waals surface area contributed by atoms with Gasteiger partial charge < -0.3 is 11.1 Å². The van der Waals surface area contributed by atoms with Crippen LogP contribution >= 0.6 is 11.3 Å². The van der Waals surface area contributed by atoms with Gasteiger partial charge in [-0.1, -0.05) is 11.8 Å². The van der Waals surface area contributed by atoms with Crippen LogP contribution in [0.15, 0.2) is 11.4 Å². The summed E-state index contributed by atoms with van der Waals surface area (Å²) in [7, 11) is -3.22. The highest BCUT2D eigenvalue weighted by atomic mass is 32.2. The topological polar surface area (TPSA) is 101 Å². The van der Waals surface area contributed by atoms with Crippen LogP contribution in [-0.4, -0.2) is 40.2 Å². The standard InChI is InChI=1S/C11H15N3O3S2/c1-19(16,17)14-6-5-13-11(15)9-7-10(18-8-9)3-2-4-12/h7-8,14H,4-6,12H2,1H3,(H,13,15). The van der Waals surface area contributed by atoms with Gasteiger partial charge in [-0.05, 0) is 6.07 Å². The average molecular weight is 301 g/mol. The molecule has 0 aromatic carbocycles. The number of carbonyl (C=O) groups is 1. The molecule has 1 heterocycles. The van der Waals surface area contributed by atoms with E-state index in [1.807, 2.05) is 0 Å². The number of hydrogen-bond donors (Lipinski definition) is 3. The molecular weight excluding hydrogens is 286 g/mol. The number of hydrogen-bond acceptors (Lipinski definition) is 5. The first-order chi connectivity index (χ1) is 8.92. The largest absolute Gasteiger partial charge is 0.351 e. The van der Waals surface area contributed by atoms with E-state index >= 15 is 0 Å². The molecule has 1 amide bonds. The zero-order chi connectivity index (χ0) is 14.3. The molecule has 19 heavy (non-hydrogen) atoms. The number of amides is 1. The highest BCUT2D eigenvalue weighted by Gasteiger charge is 2.07. The van der Waals surface area contributed by atoms with Crippen molar-refractivity contribution in [1.82, 2.24) is 10.0 Å². The molecular formula is C11H15N3O3S2. The molecule has 0 saturated carbocycles. The molecule has 0 aliphatic rings. The van der Waals surface area contributed by atoms with Gasteiger partial charge in [0.05, 0.1) is 23.2 Å². The van der Waals surface area contributed by atoms with Crippen molar-refractivity contribution in [1.29, 1.82) is 0 Å². The maximum absolute atomic E-state index is 11.7. The second kappa shape index (κ2) is 7.25. The van der Waals surface area contributed by atoms with Crippen LogP contribution in [0, 0.1) is 11.8 Å². The molecule has 0 saturated heterocycles. The fourth-order valence-corrected chi connectivity index (χ4v) is 2.40. The van der Waals surface area contributed by atoms with E-state index in [1.165, 1.54) is 11.3 Å². The van der Waals surface area contributed by atoms with Crippen molar-refractivity contribution in [2.75, 3.05) is 25.9 Å². The second-order valence-corrected chi connectivity index (χ2v) is 6.37. The third-order valence-corrected chi connectivity index (χ3v) is 3.52. The summed E-state index contributed by atoms with van der Waals surface area (Å²) in [4.78, 5) is 12.5. The zero-order valence-corrected chi connectivity index (χ0v) is 12.0.